The van der Waals surface area contributed by atoms with E-state index in [0.717, 1.165) is 18.6 Å². The molecule has 6 heteroatoms. The van der Waals surface area contributed by atoms with Gasteiger partial charge in [0.2, 0.25) is 0 Å². The minimum atomic E-state index is -0.143. The zero-order valence-electron chi connectivity index (χ0n) is 12.4. The van der Waals surface area contributed by atoms with Gasteiger partial charge in [0.05, 0.1) is 12.3 Å². The molecular formula is C15H19N3O3. The Bertz CT molecular complexity index is 609. The normalized spacial score (nSPS) is 15.8. The number of hydrogen-bond donors (Lipinski definition) is 1. The second kappa shape index (κ2) is 5.27. The van der Waals surface area contributed by atoms with Crippen molar-refractivity contribution in [2.45, 2.75) is 45.7 Å². The van der Waals surface area contributed by atoms with E-state index in [2.05, 4.69) is 10.5 Å². The van der Waals surface area contributed by atoms with E-state index in [9.17, 15) is 4.79 Å². The van der Waals surface area contributed by atoms with Gasteiger partial charge in [-0.15, -0.1) is 0 Å². The highest BCUT2D eigenvalue weighted by atomic mass is 16.5. The second-order valence-electron chi connectivity index (χ2n) is 5.46. The first-order valence-electron chi connectivity index (χ1n) is 7.13. The number of aromatic nitrogens is 1. The van der Waals surface area contributed by atoms with Crippen LogP contribution in [0.5, 0.6) is 0 Å². The Labute approximate surface area is 123 Å². The summed E-state index contributed by atoms with van der Waals surface area (Å²) in [5, 5.41) is 6.77. The number of urea groups is 1. The summed E-state index contributed by atoms with van der Waals surface area (Å²) in [5.74, 6) is 1.40. The van der Waals surface area contributed by atoms with Crippen molar-refractivity contribution < 1.29 is 13.7 Å². The maximum absolute atomic E-state index is 12.6. The van der Waals surface area contributed by atoms with Crippen molar-refractivity contribution in [3.63, 3.8) is 0 Å². The van der Waals surface area contributed by atoms with Crippen LogP contribution in [0.15, 0.2) is 27.3 Å². The molecule has 6 nitrogen and oxygen atoms in total. The van der Waals surface area contributed by atoms with Crippen molar-refractivity contribution in [3.05, 3.63) is 35.6 Å². The van der Waals surface area contributed by atoms with Crippen LogP contribution in [0, 0.1) is 13.8 Å². The Morgan fingerprint density at radius 2 is 2.24 bits per heavy atom. The lowest BCUT2D eigenvalue weighted by Crippen LogP contribution is -2.38. The number of rotatable bonds is 4. The van der Waals surface area contributed by atoms with Crippen LogP contribution < -0.4 is 5.32 Å². The molecule has 112 valence electrons. The zero-order valence-corrected chi connectivity index (χ0v) is 12.4. The fourth-order valence-corrected chi connectivity index (χ4v) is 2.51. The van der Waals surface area contributed by atoms with Gasteiger partial charge in [-0.1, -0.05) is 5.16 Å². The van der Waals surface area contributed by atoms with E-state index in [1.54, 1.807) is 13.2 Å². The molecule has 0 unspecified atom stereocenters. The average molecular weight is 289 g/mol. The number of nitrogens with one attached hydrogen (secondary N) is 1. The Kier molecular flexibility index (Phi) is 3.45. The van der Waals surface area contributed by atoms with Gasteiger partial charge in [0.25, 0.3) is 0 Å². The molecule has 21 heavy (non-hydrogen) atoms. The van der Waals surface area contributed by atoms with Crippen LogP contribution in [0.1, 0.15) is 43.0 Å². The van der Waals surface area contributed by atoms with Crippen LogP contribution in [0.4, 0.5) is 10.5 Å². The smallest absolute Gasteiger partial charge is 0.322 e. The van der Waals surface area contributed by atoms with Gasteiger partial charge < -0.3 is 19.2 Å². The van der Waals surface area contributed by atoms with Gasteiger partial charge in [-0.05, 0) is 45.7 Å². The molecular weight excluding hydrogens is 270 g/mol. The van der Waals surface area contributed by atoms with Crippen LogP contribution >= 0.6 is 0 Å². The SMILES string of the molecule is Cc1noc(C)c1NC(=O)N(C1CC1)[C@@H](C)c1ccco1. The van der Waals surface area contributed by atoms with E-state index in [0.29, 0.717) is 17.1 Å². The maximum atomic E-state index is 12.6. The maximum Gasteiger partial charge on any atom is 0.322 e. The minimum absolute atomic E-state index is 0.104. The van der Waals surface area contributed by atoms with Gasteiger partial charge >= 0.3 is 6.03 Å². The highest BCUT2D eigenvalue weighted by Gasteiger charge is 2.37. The quantitative estimate of drug-likeness (QED) is 0.932. The summed E-state index contributed by atoms with van der Waals surface area (Å²) in [6.45, 7) is 5.57. The average Bonchev–Trinajstić information content (AvgIpc) is 3.03. The number of hydrogen-bond acceptors (Lipinski definition) is 4. The summed E-state index contributed by atoms with van der Waals surface area (Å²) in [5.41, 5.74) is 1.33. The first kappa shape index (κ1) is 13.7. The molecule has 3 rings (SSSR count). The van der Waals surface area contributed by atoms with Crippen molar-refractivity contribution in [3.8, 4) is 0 Å². The topological polar surface area (TPSA) is 71.5 Å². The molecule has 0 radical (unpaired) electrons. The number of nitrogens with zero attached hydrogens (tertiary/aromatic N) is 2. The molecule has 1 fully saturated rings. The molecule has 1 aliphatic carbocycles. The Morgan fingerprint density at radius 3 is 2.76 bits per heavy atom. The van der Waals surface area contributed by atoms with Crippen molar-refractivity contribution in [2.75, 3.05) is 5.32 Å². The zero-order chi connectivity index (χ0) is 15.0. The van der Waals surface area contributed by atoms with Gasteiger partial charge in [0.1, 0.15) is 17.1 Å². The summed E-state index contributed by atoms with van der Waals surface area (Å²) in [7, 11) is 0. The van der Waals surface area contributed by atoms with Crippen LogP contribution in [-0.4, -0.2) is 22.1 Å². The minimum Gasteiger partial charge on any atom is -0.467 e. The number of carbonyl (C=O) groups excluding carboxylic acids is 1. The van der Waals surface area contributed by atoms with Gasteiger partial charge in [0.15, 0.2) is 5.76 Å². The highest BCUT2D eigenvalue weighted by Crippen LogP contribution is 2.35. The lowest BCUT2D eigenvalue weighted by atomic mass is 10.2. The fourth-order valence-electron chi connectivity index (χ4n) is 2.51. The van der Waals surface area contributed by atoms with Crippen LogP contribution in [0.3, 0.4) is 0 Å². The van der Waals surface area contributed by atoms with Crippen LogP contribution in [-0.2, 0) is 0 Å². The highest BCUT2D eigenvalue weighted by molar-refractivity contribution is 5.91. The first-order valence-corrected chi connectivity index (χ1v) is 7.13. The molecule has 2 aromatic heterocycles. The van der Waals surface area contributed by atoms with Crippen molar-refractivity contribution in [2.24, 2.45) is 0 Å². The summed E-state index contributed by atoms with van der Waals surface area (Å²) >= 11 is 0. The van der Waals surface area contributed by atoms with Crippen molar-refractivity contribution in [1.29, 1.82) is 0 Å². The largest absolute Gasteiger partial charge is 0.467 e. The van der Waals surface area contributed by atoms with Gasteiger partial charge in [0, 0.05) is 6.04 Å². The summed E-state index contributed by atoms with van der Waals surface area (Å²) in [6.07, 6.45) is 3.68. The molecule has 2 aromatic rings. The molecule has 0 saturated heterocycles. The molecule has 0 aliphatic heterocycles. The van der Waals surface area contributed by atoms with Gasteiger partial charge in [-0.2, -0.15) is 0 Å². The Morgan fingerprint density at radius 1 is 1.48 bits per heavy atom. The van der Waals surface area contributed by atoms with E-state index >= 15 is 0 Å². The summed E-state index contributed by atoms with van der Waals surface area (Å²) in [6, 6.07) is 3.75. The predicted molar refractivity (Wildman–Crippen MR) is 77.0 cm³/mol. The van der Waals surface area contributed by atoms with E-state index in [4.69, 9.17) is 8.94 Å². The monoisotopic (exact) mass is 289 g/mol. The lowest BCUT2D eigenvalue weighted by molar-refractivity contribution is 0.179. The second-order valence-corrected chi connectivity index (χ2v) is 5.46. The van der Waals surface area contributed by atoms with Gasteiger partial charge in [-0.25, -0.2) is 4.79 Å². The molecule has 0 spiro atoms. The first-order chi connectivity index (χ1) is 10.1. The van der Waals surface area contributed by atoms with Crippen molar-refractivity contribution >= 4 is 11.7 Å². The molecule has 1 aliphatic rings. The standard InChI is InChI=1S/C15H19N3O3/c1-9-14(11(3)21-17-9)16-15(19)18(12-6-7-12)10(2)13-5-4-8-20-13/h4-5,8,10,12H,6-7H2,1-3H3,(H,16,19)/t10-/m0/s1. The molecule has 2 amide bonds. The third-order valence-corrected chi connectivity index (χ3v) is 3.81. The lowest BCUT2D eigenvalue weighted by Gasteiger charge is -2.28. The van der Waals surface area contributed by atoms with Crippen LogP contribution in [0.25, 0.3) is 0 Å². The Balaban J connectivity index is 1.80. The summed E-state index contributed by atoms with van der Waals surface area (Å²) in [4.78, 5) is 14.5. The molecule has 0 bridgehead atoms. The third-order valence-electron chi connectivity index (χ3n) is 3.81. The van der Waals surface area contributed by atoms with Crippen LogP contribution in [0.2, 0.25) is 0 Å². The molecule has 2 heterocycles. The van der Waals surface area contributed by atoms with E-state index in [1.807, 2.05) is 30.9 Å². The number of anilines is 1. The van der Waals surface area contributed by atoms with E-state index in [1.165, 1.54) is 0 Å². The predicted octanol–water partition coefficient (Wildman–Crippen LogP) is 3.64. The molecule has 1 saturated carbocycles. The fraction of sp³-hybridized carbons (Fsp3) is 0.467. The van der Waals surface area contributed by atoms with Crippen molar-refractivity contribution in [1.82, 2.24) is 10.1 Å². The van der Waals surface area contributed by atoms with E-state index < -0.39 is 0 Å². The number of furan rings is 1. The number of aryl methyl sites for hydroxylation is 2. The van der Waals surface area contributed by atoms with E-state index in [-0.39, 0.29) is 18.1 Å². The van der Waals surface area contributed by atoms with Gasteiger partial charge in [-0.3, -0.25) is 0 Å². The molecule has 1 atom stereocenters. The third kappa shape index (κ3) is 2.66. The number of amides is 2. The number of carbonyl (C=O) groups is 1. The Hall–Kier alpha value is -2.24. The molecule has 0 aromatic carbocycles. The summed E-state index contributed by atoms with van der Waals surface area (Å²) < 4.78 is 10.5. The molecule has 1 N–H and O–H groups in total.